The summed E-state index contributed by atoms with van der Waals surface area (Å²) in [5.74, 6) is 0.650. The van der Waals surface area contributed by atoms with Gasteiger partial charge in [0.2, 0.25) is 0 Å². The van der Waals surface area contributed by atoms with Gasteiger partial charge in [0.05, 0.1) is 10.7 Å². The van der Waals surface area contributed by atoms with E-state index in [1.807, 2.05) is 12.1 Å². The number of aliphatic imine (C=N–C) groups is 1. The zero-order valence-electron chi connectivity index (χ0n) is 15.7. The highest BCUT2D eigenvalue weighted by Crippen LogP contribution is 2.48. The average molecular weight is 375 g/mol. The minimum Gasteiger partial charge on any atom is -0.356 e. The predicted molar refractivity (Wildman–Crippen MR) is 107 cm³/mol. The van der Waals surface area contributed by atoms with E-state index in [-0.39, 0.29) is 11.2 Å². The van der Waals surface area contributed by atoms with Crippen LogP contribution in [0.4, 0.5) is 4.39 Å². The summed E-state index contributed by atoms with van der Waals surface area (Å²) in [5, 5.41) is 7.87. The van der Waals surface area contributed by atoms with E-state index in [1.165, 1.54) is 10.6 Å². The van der Waals surface area contributed by atoms with E-state index in [0.29, 0.717) is 6.54 Å². The third kappa shape index (κ3) is 4.23. The molecule has 4 nitrogen and oxygen atoms in total. The number of guanidine groups is 1. The number of thiazole rings is 1. The molecule has 0 radical (unpaired) electrons. The van der Waals surface area contributed by atoms with Crippen molar-refractivity contribution in [2.24, 2.45) is 4.99 Å². The van der Waals surface area contributed by atoms with Crippen LogP contribution in [-0.4, -0.2) is 31.1 Å². The lowest BCUT2D eigenvalue weighted by Crippen LogP contribution is -2.42. The van der Waals surface area contributed by atoms with Gasteiger partial charge in [-0.05, 0) is 37.8 Å². The van der Waals surface area contributed by atoms with Gasteiger partial charge >= 0.3 is 0 Å². The van der Waals surface area contributed by atoms with Gasteiger partial charge in [-0.15, -0.1) is 11.3 Å². The summed E-state index contributed by atoms with van der Waals surface area (Å²) < 4.78 is 14.1. The zero-order valence-corrected chi connectivity index (χ0v) is 16.5. The Labute approximate surface area is 159 Å². The minimum atomic E-state index is -0.111. The van der Waals surface area contributed by atoms with Crippen LogP contribution in [0.25, 0.3) is 0 Å². The molecular formula is C20H27FN4S. The molecule has 0 bridgehead atoms. The van der Waals surface area contributed by atoms with Crippen LogP contribution in [0.3, 0.4) is 0 Å². The molecule has 1 saturated carbocycles. The van der Waals surface area contributed by atoms with Crippen molar-refractivity contribution in [2.45, 2.75) is 44.9 Å². The number of aromatic nitrogens is 1. The first-order chi connectivity index (χ1) is 12.6. The molecule has 2 aromatic rings. The molecule has 0 spiro atoms. The summed E-state index contributed by atoms with van der Waals surface area (Å²) in [4.78, 5) is 10.3. The fourth-order valence-corrected chi connectivity index (χ4v) is 4.29. The first-order valence-corrected chi connectivity index (χ1v) is 10.0. The van der Waals surface area contributed by atoms with Crippen molar-refractivity contribution in [1.82, 2.24) is 15.6 Å². The van der Waals surface area contributed by atoms with Crippen molar-refractivity contribution in [1.29, 1.82) is 0 Å². The number of hydrogen-bond donors (Lipinski definition) is 2. The summed E-state index contributed by atoms with van der Waals surface area (Å²) in [7, 11) is 1.76. The van der Waals surface area contributed by atoms with Crippen LogP contribution in [0, 0.1) is 12.7 Å². The molecule has 26 heavy (non-hydrogen) atoms. The Morgan fingerprint density at radius 2 is 2.08 bits per heavy atom. The van der Waals surface area contributed by atoms with Crippen molar-refractivity contribution < 1.29 is 4.39 Å². The number of benzene rings is 1. The molecule has 0 amide bonds. The lowest BCUT2D eigenvalue weighted by atomic mass is 9.95. The van der Waals surface area contributed by atoms with E-state index in [0.717, 1.165) is 48.8 Å². The van der Waals surface area contributed by atoms with Crippen molar-refractivity contribution in [3.63, 3.8) is 0 Å². The van der Waals surface area contributed by atoms with Gasteiger partial charge in [-0.1, -0.05) is 25.1 Å². The lowest BCUT2D eigenvalue weighted by molar-refractivity contribution is 0.559. The van der Waals surface area contributed by atoms with Gasteiger partial charge in [0, 0.05) is 36.9 Å². The first kappa shape index (κ1) is 18.8. The lowest BCUT2D eigenvalue weighted by Gasteiger charge is -2.19. The molecule has 1 aliphatic rings. The van der Waals surface area contributed by atoms with Crippen LogP contribution < -0.4 is 10.6 Å². The van der Waals surface area contributed by atoms with Crippen molar-refractivity contribution in [2.75, 3.05) is 20.1 Å². The Balaban J connectivity index is 1.50. The Bertz CT molecular complexity index is 780. The summed E-state index contributed by atoms with van der Waals surface area (Å²) in [6, 6.07) is 7.10. The summed E-state index contributed by atoms with van der Waals surface area (Å²) in [5.41, 5.74) is 1.92. The van der Waals surface area contributed by atoms with E-state index in [4.69, 9.17) is 0 Å². The van der Waals surface area contributed by atoms with Gasteiger partial charge < -0.3 is 10.6 Å². The Kier molecular flexibility index (Phi) is 5.91. The third-order valence-electron chi connectivity index (χ3n) is 5.02. The molecule has 1 aromatic carbocycles. The molecule has 6 heteroatoms. The van der Waals surface area contributed by atoms with Crippen LogP contribution >= 0.6 is 11.3 Å². The van der Waals surface area contributed by atoms with Crippen molar-refractivity contribution in [3.8, 4) is 0 Å². The number of rotatable bonds is 7. The first-order valence-electron chi connectivity index (χ1n) is 9.22. The average Bonchev–Trinajstić information content (AvgIpc) is 3.34. The monoisotopic (exact) mass is 374 g/mol. The quantitative estimate of drug-likeness (QED) is 0.575. The fraction of sp³-hybridized carbons (Fsp3) is 0.500. The van der Waals surface area contributed by atoms with Gasteiger partial charge in [-0.2, -0.15) is 0 Å². The number of hydrogen-bond acceptors (Lipinski definition) is 3. The van der Waals surface area contributed by atoms with Gasteiger partial charge in [0.15, 0.2) is 5.96 Å². The summed E-state index contributed by atoms with van der Waals surface area (Å²) in [6.45, 7) is 5.75. The van der Waals surface area contributed by atoms with Crippen LogP contribution in [-0.2, 0) is 18.3 Å². The standard InChI is InChI=1S/C20H27FN4S/c1-4-17-14(2)26-18(25-17)9-12-23-19(22-3)24-13-20(10-11-20)15-7-5-6-8-16(15)21/h5-8H,4,9-13H2,1-3H3,(H2,22,23,24). The normalized spacial score (nSPS) is 15.8. The molecule has 0 unspecified atom stereocenters. The largest absolute Gasteiger partial charge is 0.356 e. The van der Waals surface area contributed by atoms with Crippen LogP contribution in [0.15, 0.2) is 29.3 Å². The molecule has 1 fully saturated rings. The Morgan fingerprint density at radius 3 is 2.69 bits per heavy atom. The SMILES string of the molecule is CCc1nc(CCNC(=NC)NCC2(c3ccccc3F)CC2)sc1C. The zero-order chi connectivity index (χ0) is 18.6. The molecule has 1 aromatic heterocycles. The number of nitrogens with zero attached hydrogens (tertiary/aromatic N) is 2. The number of aryl methyl sites for hydroxylation is 2. The van der Waals surface area contributed by atoms with E-state index in [2.05, 4.69) is 34.5 Å². The third-order valence-corrected chi connectivity index (χ3v) is 6.09. The second kappa shape index (κ2) is 8.16. The highest BCUT2D eigenvalue weighted by Gasteiger charge is 2.45. The molecule has 0 aliphatic heterocycles. The number of halogens is 1. The Hall–Kier alpha value is -1.95. The fourth-order valence-electron chi connectivity index (χ4n) is 3.27. The maximum atomic E-state index is 14.1. The molecule has 0 saturated heterocycles. The summed E-state index contributed by atoms with van der Waals surface area (Å²) in [6.07, 6.45) is 3.88. The van der Waals surface area contributed by atoms with Crippen LogP contribution in [0.1, 0.15) is 40.9 Å². The van der Waals surface area contributed by atoms with E-state index >= 15 is 0 Å². The minimum absolute atomic E-state index is 0.0919. The van der Waals surface area contributed by atoms with E-state index in [9.17, 15) is 4.39 Å². The smallest absolute Gasteiger partial charge is 0.191 e. The number of nitrogens with one attached hydrogen (secondary N) is 2. The van der Waals surface area contributed by atoms with Gasteiger partial charge in [-0.3, -0.25) is 4.99 Å². The molecular weight excluding hydrogens is 347 g/mol. The molecule has 140 valence electrons. The van der Waals surface area contributed by atoms with Gasteiger partial charge in [0.1, 0.15) is 5.82 Å². The molecule has 1 aliphatic carbocycles. The molecule has 0 atom stereocenters. The van der Waals surface area contributed by atoms with Crippen molar-refractivity contribution >= 4 is 17.3 Å². The topological polar surface area (TPSA) is 49.3 Å². The van der Waals surface area contributed by atoms with Crippen molar-refractivity contribution in [3.05, 3.63) is 51.2 Å². The second-order valence-electron chi connectivity index (χ2n) is 6.83. The highest BCUT2D eigenvalue weighted by molar-refractivity contribution is 7.11. The molecule has 1 heterocycles. The van der Waals surface area contributed by atoms with Crippen LogP contribution in [0.5, 0.6) is 0 Å². The van der Waals surface area contributed by atoms with Gasteiger partial charge in [0.25, 0.3) is 0 Å². The Morgan fingerprint density at radius 1 is 1.31 bits per heavy atom. The second-order valence-corrected chi connectivity index (χ2v) is 8.11. The maximum Gasteiger partial charge on any atom is 0.191 e. The molecule has 2 N–H and O–H groups in total. The maximum absolute atomic E-state index is 14.1. The highest BCUT2D eigenvalue weighted by atomic mass is 32.1. The summed E-state index contributed by atoms with van der Waals surface area (Å²) >= 11 is 1.77. The molecule has 3 rings (SSSR count). The van der Waals surface area contributed by atoms with Gasteiger partial charge in [-0.25, -0.2) is 9.37 Å². The van der Waals surface area contributed by atoms with Crippen LogP contribution in [0.2, 0.25) is 0 Å². The predicted octanol–water partition coefficient (Wildman–Crippen LogP) is 3.59. The van der Waals surface area contributed by atoms with E-state index < -0.39 is 0 Å². The van der Waals surface area contributed by atoms with E-state index in [1.54, 1.807) is 30.5 Å².